The Balaban J connectivity index is 1.87. The minimum Gasteiger partial charge on any atom is -0.345 e. The number of nitriles is 1. The standard InChI is InChI=1S/C15H18N2O/c1-11-7-14(11)10-17(2)15(18)8-12-3-5-13(9-16)6-4-12/h3-6,11,14H,7-8,10H2,1-2H3. The van der Waals surface area contributed by atoms with Gasteiger partial charge in [0.25, 0.3) is 0 Å². The molecule has 3 nitrogen and oxygen atoms in total. The van der Waals surface area contributed by atoms with E-state index in [0.717, 1.165) is 18.0 Å². The molecule has 0 aliphatic heterocycles. The fraction of sp³-hybridized carbons (Fsp3) is 0.467. The molecule has 0 N–H and O–H groups in total. The van der Waals surface area contributed by atoms with E-state index in [1.165, 1.54) is 6.42 Å². The number of benzene rings is 1. The molecule has 18 heavy (non-hydrogen) atoms. The lowest BCUT2D eigenvalue weighted by molar-refractivity contribution is -0.129. The maximum atomic E-state index is 12.0. The Morgan fingerprint density at radius 3 is 2.56 bits per heavy atom. The molecule has 1 saturated carbocycles. The van der Waals surface area contributed by atoms with E-state index in [9.17, 15) is 4.79 Å². The Morgan fingerprint density at radius 1 is 1.44 bits per heavy atom. The van der Waals surface area contributed by atoms with Crippen LogP contribution in [0.1, 0.15) is 24.5 Å². The van der Waals surface area contributed by atoms with Crippen molar-refractivity contribution in [2.75, 3.05) is 13.6 Å². The summed E-state index contributed by atoms with van der Waals surface area (Å²) in [4.78, 5) is 13.8. The van der Waals surface area contributed by atoms with Crippen LogP contribution in [0.4, 0.5) is 0 Å². The van der Waals surface area contributed by atoms with Crippen molar-refractivity contribution in [1.29, 1.82) is 5.26 Å². The largest absolute Gasteiger partial charge is 0.345 e. The van der Waals surface area contributed by atoms with E-state index in [2.05, 4.69) is 13.0 Å². The summed E-state index contributed by atoms with van der Waals surface area (Å²) < 4.78 is 0. The van der Waals surface area contributed by atoms with E-state index in [1.807, 2.05) is 24.1 Å². The molecule has 0 bridgehead atoms. The zero-order valence-corrected chi connectivity index (χ0v) is 10.9. The highest BCUT2D eigenvalue weighted by molar-refractivity contribution is 5.78. The van der Waals surface area contributed by atoms with Crippen LogP contribution in [-0.4, -0.2) is 24.4 Å². The highest BCUT2D eigenvalue weighted by Gasteiger charge is 2.34. The Bertz CT molecular complexity index is 472. The summed E-state index contributed by atoms with van der Waals surface area (Å²) in [5, 5.41) is 8.70. The summed E-state index contributed by atoms with van der Waals surface area (Å²) in [6.45, 7) is 3.10. The third kappa shape index (κ3) is 3.10. The van der Waals surface area contributed by atoms with E-state index < -0.39 is 0 Å². The molecule has 1 aliphatic carbocycles. The van der Waals surface area contributed by atoms with Gasteiger partial charge in [-0.1, -0.05) is 19.1 Å². The molecule has 0 aromatic heterocycles. The Kier molecular flexibility index (Phi) is 3.66. The fourth-order valence-electron chi connectivity index (χ4n) is 2.11. The van der Waals surface area contributed by atoms with Gasteiger partial charge in [-0.2, -0.15) is 5.26 Å². The molecule has 0 heterocycles. The number of likely N-dealkylation sites (N-methyl/N-ethyl adjacent to an activating group) is 1. The SMILES string of the molecule is CC1CC1CN(C)C(=O)Cc1ccc(C#N)cc1. The molecule has 1 aromatic rings. The second kappa shape index (κ2) is 5.22. The minimum atomic E-state index is 0.152. The minimum absolute atomic E-state index is 0.152. The highest BCUT2D eigenvalue weighted by Crippen LogP contribution is 2.37. The number of amides is 1. The summed E-state index contributed by atoms with van der Waals surface area (Å²) >= 11 is 0. The predicted molar refractivity (Wildman–Crippen MR) is 69.8 cm³/mol. The molecular weight excluding hydrogens is 224 g/mol. The van der Waals surface area contributed by atoms with Crippen LogP contribution in [0.3, 0.4) is 0 Å². The van der Waals surface area contributed by atoms with Gasteiger partial charge in [0.05, 0.1) is 18.1 Å². The van der Waals surface area contributed by atoms with Crippen LogP contribution in [-0.2, 0) is 11.2 Å². The second-order valence-corrected chi connectivity index (χ2v) is 5.23. The van der Waals surface area contributed by atoms with Gasteiger partial charge in [0.1, 0.15) is 0 Å². The highest BCUT2D eigenvalue weighted by atomic mass is 16.2. The molecule has 1 aromatic carbocycles. The van der Waals surface area contributed by atoms with E-state index in [1.54, 1.807) is 12.1 Å². The van der Waals surface area contributed by atoms with Crippen molar-refractivity contribution >= 4 is 5.91 Å². The van der Waals surface area contributed by atoms with Gasteiger partial charge < -0.3 is 4.90 Å². The molecule has 1 fully saturated rings. The Hall–Kier alpha value is -1.82. The summed E-state index contributed by atoms with van der Waals surface area (Å²) in [5.41, 5.74) is 1.60. The first kappa shape index (κ1) is 12.6. The van der Waals surface area contributed by atoms with Gasteiger partial charge in [-0.3, -0.25) is 4.79 Å². The average molecular weight is 242 g/mol. The first-order chi connectivity index (χ1) is 8.60. The quantitative estimate of drug-likeness (QED) is 0.812. The van der Waals surface area contributed by atoms with Crippen molar-refractivity contribution in [3.63, 3.8) is 0 Å². The van der Waals surface area contributed by atoms with Gasteiger partial charge in [-0.15, -0.1) is 0 Å². The molecule has 1 aliphatic rings. The molecule has 94 valence electrons. The third-order valence-electron chi connectivity index (χ3n) is 3.65. The summed E-state index contributed by atoms with van der Waals surface area (Å²) in [6.07, 6.45) is 1.66. The van der Waals surface area contributed by atoms with Crippen LogP contribution in [0.15, 0.2) is 24.3 Å². The summed E-state index contributed by atoms with van der Waals surface area (Å²) in [5.74, 6) is 1.62. The van der Waals surface area contributed by atoms with Crippen LogP contribution in [0, 0.1) is 23.2 Å². The van der Waals surface area contributed by atoms with Gasteiger partial charge >= 0.3 is 0 Å². The summed E-state index contributed by atoms with van der Waals surface area (Å²) in [6, 6.07) is 9.29. The molecule has 0 spiro atoms. The van der Waals surface area contributed by atoms with E-state index in [4.69, 9.17) is 5.26 Å². The first-order valence-corrected chi connectivity index (χ1v) is 6.33. The third-order valence-corrected chi connectivity index (χ3v) is 3.65. The summed E-state index contributed by atoms with van der Waals surface area (Å²) in [7, 11) is 1.87. The van der Waals surface area contributed by atoms with E-state index in [0.29, 0.717) is 17.9 Å². The maximum absolute atomic E-state index is 12.0. The van der Waals surface area contributed by atoms with Crippen molar-refractivity contribution < 1.29 is 4.79 Å². The van der Waals surface area contributed by atoms with Crippen LogP contribution in [0.25, 0.3) is 0 Å². The van der Waals surface area contributed by atoms with Gasteiger partial charge in [-0.25, -0.2) is 0 Å². The van der Waals surface area contributed by atoms with Crippen molar-refractivity contribution in [2.45, 2.75) is 19.8 Å². The number of carbonyl (C=O) groups is 1. The van der Waals surface area contributed by atoms with Crippen LogP contribution < -0.4 is 0 Å². The van der Waals surface area contributed by atoms with Crippen LogP contribution >= 0.6 is 0 Å². The Labute approximate surface area is 108 Å². The molecule has 1 amide bonds. The van der Waals surface area contributed by atoms with Crippen molar-refractivity contribution in [3.05, 3.63) is 35.4 Å². The number of rotatable bonds is 4. The van der Waals surface area contributed by atoms with Gasteiger partial charge in [0.2, 0.25) is 5.91 Å². The monoisotopic (exact) mass is 242 g/mol. The molecule has 2 atom stereocenters. The zero-order chi connectivity index (χ0) is 13.1. The molecule has 3 heteroatoms. The van der Waals surface area contributed by atoms with Crippen LogP contribution in [0.5, 0.6) is 0 Å². The Morgan fingerprint density at radius 2 is 2.06 bits per heavy atom. The molecule has 0 saturated heterocycles. The van der Waals surface area contributed by atoms with Crippen LogP contribution in [0.2, 0.25) is 0 Å². The molecule has 2 rings (SSSR count). The van der Waals surface area contributed by atoms with E-state index >= 15 is 0 Å². The van der Waals surface area contributed by atoms with Gasteiger partial charge in [0, 0.05) is 13.6 Å². The van der Waals surface area contributed by atoms with Crippen molar-refractivity contribution in [1.82, 2.24) is 4.90 Å². The lowest BCUT2D eigenvalue weighted by Gasteiger charge is -2.17. The number of hydrogen-bond donors (Lipinski definition) is 0. The maximum Gasteiger partial charge on any atom is 0.226 e. The van der Waals surface area contributed by atoms with E-state index in [-0.39, 0.29) is 5.91 Å². The number of carbonyl (C=O) groups excluding carboxylic acids is 1. The van der Waals surface area contributed by atoms with Gasteiger partial charge in [-0.05, 0) is 36.0 Å². The average Bonchev–Trinajstić information content (AvgIpc) is 3.05. The lowest BCUT2D eigenvalue weighted by atomic mass is 10.1. The lowest BCUT2D eigenvalue weighted by Crippen LogP contribution is -2.30. The fourth-order valence-corrected chi connectivity index (χ4v) is 2.11. The first-order valence-electron chi connectivity index (χ1n) is 6.33. The predicted octanol–water partition coefficient (Wildman–Crippen LogP) is 2.22. The number of nitrogens with zero attached hydrogens (tertiary/aromatic N) is 2. The topological polar surface area (TPSA) is 44.1 Å². The molecule has 0 radical (unpaired) electrons. The normalized spacial score (nSPS) is 21.2. The zero-order valence-electron chi connectivity index (χ0n) is 10.9. The number of hydrogen-bond acceptors (Lipinski definition) is 2. The van der Waals surface area contributed by atoms with Crippen molar-refractivity contribution in [3.8, 4) is 6.07 Å². The molecule has 2 unspecified atom stereocenters. The smallest absolute Gasteiger partial charge is 0.226 e. The second-order valence-electron chi connectivity index (χ2n) is 5.23. The van der Waals surface area contributed by atoms with Gasteiger partial charge in [0.15, 0.2) is 0 Å². The van der Waals surface area contributed by atoms with Crippen molar-refractivity contribution in [2.24, 2.45) is 11.8 Å². The molecular formula is C15H18N2O.